The second kappa shape index (κ2) is 8.93. The Morgan fingerprint density at radius 3 is 2.55 bits per heavy atom. The van der Waals surface area contributed by atoms with E-state index in [4.69, 9.17) is 0 Å². The largest absolute Gasteiger partial charge is 0.336 e. The van der Waals surface area contributed by atoms with Crippen LogP contribution in [0.1, 0.15) is 27.7 Å². The summed E-state index contributed by atoms with van der Waals surface area (Å²) in [7, 11) is -3.77. The lowest BCUT2D eigenvalue weighted by atomic mass is 10.1. The van der Waals surface area contributed by atoms with Gasteiger partial charge in [-0.3, -0.25) is 14.0 Å². The van der Waals surface area contributed by atoms with Crippen molar-refractivity contribution < 1.29 is 13.2 Å². The van der Waals surface area contributed by atoms with Crippen molar-refractivity contribution in [3.8, 4) is 0 Å². The van der Waals surface area contributed by atoms with Crippen LogP contribution in [-0.2, 0) is 23.0 Å². The fourth-order valence-corrected chi connectivity index (χ4v) is 7.21. The molecule has 0 radical (unpaired) electrons. The van der Waals surface area contributed by atoms with Gasteiger partial charge in [-0.2, -0.15) is 0 Å². The summed E-state index contributed by atoms with van der Waals surface area (Å²) in [6.07, 6.45) is 0.684. The molecule has 1 saturated heterocycles. The van der Waals surface area contributed by atoms with E-state index in [0.29, 0.717) is 25.1 Å². The summed E-state index contributed by atoms with van der Waals surface area (Å²) in [5, 5.41) is 2.08. The highest BCUT2D eigenvalue weighted by Crippen LogP contribution is 2.36. The molecular formula is C25H27N3O3S2. The van der Waals surface area contributed by atoms with Crippen LogP contribution in [0.3, 0.4) is 0 Å². The summed E-state index contributed by atoms with van der Waals surface area (Å²) in [4.78, 5) is 18.8. The topological polar surface area (TPSA) is 60.9 Å². The third-order valence-electron chi connectivity index (χ3n) is 6.40. The molecule has 0 bridgehead atoms. The minimum absolute atomic E-state index is 0.113. The van der Waals surface area contributed by atoms with Crippen LogP contribution < -0.4 is 4.31 Å². The standard InChI is InChI=1S/C25H27N3O3S2/c1-19-16-20-6-2-3-10-24(20)28(19)33(30,31)23-9-4-7-21(17-23)25(29)27-13-11-26(12-14-27)18-22-8-5-15-32-22/h2-10,15,17,19H,11-14,16,18H2,1H3/t19-/m0/s1. The van der Waals surface area contributed by atoms with Crippen molar-refractivity contribution in [1.29, 1.82) is 0 Å². The van der Waals surface area contributed by atoms with Crippen molar-refractivity contribution in [2.45, 2.75) is 30.8 Å². The number of amides is 1. The van der Waals surface area contributed by atoms with Gasteiger partial charge in [0.05, 0.1) is 10.6 Å². The van der Waals surface area contributed by atoms with Gasteiger partial charge in [0.15, 0.2) is 0 Å². The maximum atomic E-state index is 13.5. The Balaban J connectivity index is 1.32. The number of sulfonamides is 1. The van der Waals surface area contributed by atoms with Crippen molar-refractivity contribution in [2.75, 3.05) is 30.5 Å². The number of para-hydroxylation sites is 1. The van der Waals surface area contributed by atoms with E-state index < -0.39 is 10.0 Å². The van der Waals surface area contributed by atoms with Gasteiger partial charge >= 0.3 is 0 Å². The van der Waals surface area contributed by atoms with Crippen molar-refractivity contribution in [1.82, 2.24) is 9.80 Å². The van der Waals surface area contributed by atoms with Crippen LogP contribution >= 0.6 is 11.3 Å². The second-order valence-electron chi connectivity index (χ2n) is 8.66. The fourth-order valence-electron chi connectivity index (χ4n) is 4.72. The Bertz CT molecular complexity index is 1250. The maximum absolute atomic E-state index is 13.5. The van der Waals surface area contributed by atoms with E-state index >= 15 is 0 Å². The third kappa shape index (κ3) is 4.30. The zero-order valence-electron chi connectivity index (χ0n) is 18.6. The summed E-state index contributed by atoms with van der Waals surface area (Å²) in [6, 6.07) is 18.1. The molecule has 5 rings (SSSR count). The van der Waals surface area contributed by atoms with Crippen LogP contribution in [-0.4, -0.2) is 56.3 Å². The molecule has 2 aliphatic rings. The number of rotatable bonds is 5. The molecule has 0 spiro atoms. The smallest absolute Gasteiger partial charge is 0.264 e. The molecule has 0 unspecified atom stereocenters. The van der Waals surface area contributed by atoms with Gasteiger partial charge in [0, 0.05) is 49.2 Å². The number of carbonyl (C=O) groups is 1. The van der Waals surface area contributed by atoms with E-state index in [2.05, 4.69) is 22.4 Å². The molecule has 1 fully saturated rings. The molecule has 0 saturated carbocycles. The number of benzene rings is 2. The number of piperazine rings is 1. The van der Waals surface area contributed by atoms with Crippen LogP contribution in [0, 0.1) is 0 Å². The quantitative estimate of drug-likeness (QED) is 0.556. The number of thiophene rings is 1. The Kier molecular flexibility index (Phi) is 5.99. The van der Waals surface area contributed by atoms with Gasteiger partial charge in [0.25, 0.3) is 15.9 Å². The zero-order valence-corrected chi connectivity index (χ0v) is 20.2. The minimum Gasteiger partial charge on any atom is -0.336 e. The predicted molar refractivity (Wildman–Crippen MR) is 131 cm³/mol. The molecule has 2 aliphatic heterocycles. The second-order valence-corrected chi connectivity index (χ2v) is 11.5. The number of carbonyl (C=O) groups excluding carboxylic acids is 1. The molecule has 1 amide bonds. The van der Waals surface area contributed by atoms with Crippen LogP contribution in [0.5, 0.6) is 0 Å². The van der Waals surface area contributed by atoms with Crippen LogP contribution in [0.25, 0.3) is 0 Å². The van der Waals surface area contributed by atoms with E-state index in [1.807, 2.05) is 36.1 Å². The Morgan fingerprint density at radius 2 is 1.79 bits per heavy atom. The fraction of sp³-hybridized carbons (Fsp3) is 0.320. The molecule has 8 heteroatoms. The maximum Gasteiger partial charge on any atom is 0.264 e. The number of fused-ring (bicyclic) bond motifs is 1. The molecule has 33 heavy (non-hydrogen) atoms. The van der Waals surface area contributed by atoms with Crippen LogP contribution in [0.4, 0.5) is 5.69 Å². The number of nitrogens with zero attached hydrogens (tertiary/aromatic N) is 3. The van der Waals surface area contributed by atoms with Crippen LogP contribution in [0.15, 0.2) is 70.9 Å². The number of hydrogen-bond acceptors (Lipinski definition) is 5. The first-order valence-corrected chi connectivity index (χ1v) is 13.5. The number of anilines is 1. The highest BCUT2D eigenvalue weighted by Gasteiger charge is 2.36. The average molecular weight is 482 g/mol. The first-order valence-electron chi connectivity index (χ1n) is 11.2. The molecule has 1 aromatic heterocycles. The Hall–Kier alpha value is -2.68. The Labute approximate surface area is 199 Å². The summed E-state index contributed by atoms with van der Waals surface area (Å²) in [6.45, 7) is 5.72. The van der Waals surface area contributed by atoms with Crippen molar-refractivity contribution in [2.24, 2.45) is 0 Å². The molecule has 2 aromatic carbocycles. The van der Waals surface area contributed by atoms with Crippen LogP contribution in [0.2, 0.25) is 0 Å². The van der Waals surface area contributed by atoms with Gasteiger partial charge in [0.1, 0.15) is 0 Å². The third-order valence-corrected chi connectivity index (χ3v) is 9.19. The van der Waals surface area contributed by atoms with Crippen molar-refractivity contribution >= 4 is 33.0 Å². The monoisotopic (exact) mass is 481 g/mol. The molecule has 0 N–H and O–H groups in total. The SMILES string of the molecule is C[C@H]1Cc2ccccc2N1S(=O)(=O)c1cccc(C(=O)N2CCN(Cc3cccs3)CC2)c1. The zero-order chi connectivity index (χ0) is 23.0. The molecule has 0 aliphatic carbocycles. The first kappa shape index (κ1) is 22.1. The lowest BCUT2D eigenvalue weighted by Crippen LogP contribution is -2.48. The predicted octanol–water partition coefficient (Wildman–Crippen LogP) is 3.85. The van der Waals surface area contributed by atoms with E-state index in [0.717, 1.165) is 30.9 Å². The van der Waals surface area contributed by atoms with E-state index in [-0.39, 0.29) is 16.8 Å². The van der Waals surface area contributed by atoms with Gasteiger partial charge in [-0.25, -0.2) is 8.42 Å². The molecule has 6 nitrogen and oxygen atoms in total. The molecule has 172 valence electrons. The highest BCUT2D eigenvalue weighted by molar-refractivity contribution is 7.92. The van der Waals surface area contributed by atoms with E-state index in [9.17, 15) is 13.2 Å². The minimum atomic E-state index is -3.77. The average Bonchev–Trinajstić information content (AvgIpc) is 3.46. The lowest BCUT2D eigenvalue weighted by molar-refractivity contribution is 0.0629. The summed E-state index contributed by atoms with van der Waals surface area (Å²) < 4.78 is 28.6. The summed E-state index contributed by atoms with van der Waals surface area (Å²) in [5.74, 6) is -0.113. The van der Waals surface area contributed by atoms with Gasteiger partial charge in [-0.15, -0.1) is 11.3 Å². The molecule has 3 aromatic rings. The summed E-state index contributed by atoms with van der Waals surface area (Å²) in [5.41, 5.74) is 2.17. The first-order chi connectivity index (χ1) is 15.9. The van der Waals surface area contributed by atoms with Crippen molar-refractivity contribution in [3.05, 3.63) is 82.0 Å². The molecule has 1 atom stereocenters. The van der Waals surface area contributed by atoms with Gasteiger partial charge in [-0.1, -0.05) is 30.3 Å². The van der Waals surface area contributed by atoms with Gasteiger partial charge in [-0.05, 0) is 54.6 Å². The highest BCUT2D eigenvalue weighted by atomic mass is 32.2. The molecular weight excluding hydrogens is 454 g/mol. The van der Waals surface area contributed by atoms with Gasteiger partial charge in [0.2, 0.25) is 0 Å². The molecule has 3 heterocycles. The van der Waals surface area contributed by atoms with Crippen molar-refractivity contribution in [3.63, 3.8) is 0 Å². The lowest BCUT2D eigenvalue weighted by Gasteiger charge is -2.34. The van der Waals surface area contributed by atoms with E-state index in [1.165, 1.54) is 15.2 Å². The number of hydrogen-bond donors (Lipinski definition) is 0. The Morgan fingerprint density at radius 1 is 1.00 bits per heavy atom. The normalized spacial score (nSPS) is 19.0. The van der Waals surface area contributed by atoms with E-state index in [1.54, 1.807) is 29.5 Å². The summed E-state index contributed by atoms with van der Waals surface area (Å²) >= 11 is 1.75. The van der Waals surface area contributed by atoms with Gasteiger partial charge < -0.3 is 4.90 Å².